The molecule has 0 radical (unpaired) electrons. The van der Waals surface area contributed by atoms with Gasteiger partial charge in [0.05, 0.1) is 0 Å². The van der Waals surface area contributed by atoms with Crippen LogP contribution >= 0.6 is 11.8 Å². The van der Waals surface area contributed by atoms with Crippen LogP contribution in [-0.2, 0) is 0 Å². The lowest BCUT2D eigenvalue weighted by Crippen LogP contribution is -2.32. The number of hydrogen-bond acceptors (Lipinski definition) is 4. The van der Waals surface area contributed by atoms with Gasteiger partial charge in [-0.3, -0.25) is 0 Å². The maximum Gasteiger partial charge on any atom is 0.171 e. The highest BCUT2D eigenvalue weighted by molar-refractivity contribution is 7.99. The zero-order chi connectivity index (χ0) is 10.1. The summed E-state index contributed by atoms with van der Waals surface area (Å²) >= 11 is 2.00. The highest BCUT2D eigenvalue weighted by atomic mass is 32.2. The predicted molar refractivity (Wildman–Crippen MR) is 61.9 cm³/mol. The summed E-state index contributed by atoms with van der Waals surface area (Å²) in [4.78, 5) is 9.61. The van der Waals surface area contributed by atoms with Crippen molar-refractivity contribution >= 4 is 23.4 Å². The molecular weight excluding hydrogens is 196 g/mol. The van der Waals surface area contributed by atoms with E-state index in [1.54, 1.807) is 0 Å². The van der Waals surface area contributed by atoms with Gasteiger partial charge in [-0.2, -0.15) is 11.8 Å². The first-order valence-corrected chi connectivity index (χ1v) is 5.96. The van der Waals surface area contributed by atoms with Crippen molar-refractivity contribution in [3.8, 4) is 0 Å². The molecule has 0 aromatic carbocycles. The van der Waals surface area contributed by atoms with Crippen molar-refractivity contribution in [2.75, 3.05) is 29.2 Å². The summed E-state index contributed by atoms with van der Waals surface area (Å²) in [6.45, 7) is 1.93. The second-order valence-corrected chi connectivity index (χ2v) is 4.84. The fraction of sp³-hybridized carbons (Fsp3) is 0.667. The Balaban J connectivity index is 2.17. The van der Waals surface area contributed by atoms with Gasteiger partial charge in [0, 0.05) is 18.8 Å². The van der Waals surface area contributed by atoms with Crippen molar-refractivity contribution < 1.29 is 0 Å². The van der Waals surface area contributed by atoms with Gasteiger partial charge in [0.1, 0.15) is 11.6 Å². The van der Waals surface area contributed by atoms with Gasteiger partial charge < -0.3 is 15.6 Å². The summed E-state index contributed by atoms with van der Waals surface area (Å²) < 4.78 is 0. The van der Waals surface area contributed by atoms with E-state index in [2.05, 4.69) is 21.9 Å². The summed E-state index contributed by atoms with van der Waals surface area (Å²) in [7, 11) is 2.07. The lowest BCUT2D eigenvalue weighted by atomic mass is 10.2. The van der Waals surface area contributed by atoms with E-state index in [0.29, 0.717) is 11.9 Å². The van der Waals surface area contributed by atoms with E-state index in [4.69, 9.17) is 5.73 Å². The van der Waals surface area contributed by atoms with Gasteiger partial charge in [0.2, 0.25) is 0 Å². The van der Waals surface area contributed by atoms with Crippen molar-refractivity contribution in [2.45, 2.75) is 19.4 Å². The molecule has 0 amide bonds. The van der Waals surface area contributed by atoms with E-state index in [1.807, 2.05) is 18.7 Å². The monoisotopic (exact) mass is 212 g/mol. The van der Waals surface area contributed by atoms with Crippen LogP contribution in [-0.4, -0.2) is 34.6 Å². The third-order valence-corrected chi connectivity index (χ3v) is 3.76. The topological polar surface area (TPSA) is 57.9 Å². The molecule has 1 aromatic rings. The largest absolute Gasteiger partial charge is 0.382 e. The number of aromatic amines is 1. The van der Waals surface area contributed by atoms with Crippen LogP contribution in [0.15, 0.2) is 0 Å². The molecule has 1 aromatic heterocycles. The zero-order valence-electron chi connectivity index (χ0n) is 8.58. The summed E-state index contributed by atoms with van der Waals surface area (Å²) in [5, 5.41) is 0. The molecule has 2 heterocycles. The fourth-order valence-electron chi connectivity index (χ4n) is 1.77. The van der Waals surface area contributed by atoms with Crippen LogP contribution in [0.5, 0.6) is 0 Å². The van der Waals surface area contributed by atoms with Crippen molar-refractivity contribution in [2.24, 2.45) is 0 Å². The minimum absolute atomic E-state index is 0.588. The predicted octanol–water partition coefficient (Wildman–Crippen LogP) is 1.24. The van der Waals surface area contributed by atoms with E-state index in [9.17, 15) is 0 Å². The zero-order valence-corrected chi connectivity index (χ0v) is 9.40. The van der Waals surface area contributed by atoms with Crippen LogP contribution in [0.3, 0.4) is 0 Å². The number of nitrogen functional groups attached to an aromatic ring is 1. The first kappa shape index (κ1) is 9.71. The highest BCUT2D eigenvalue weighted by Gasteiger charge is 2.23. The summed E-state index contributed by atoms with van der Waals surface area (Å²) in [6, 6.07) is 0.588. The summed E-state index contributed by atoms with van der Waals surface area (Å²) in [5.41, 5.74) is 5.84. The van der Waals surface area contributed by atoms with Gasteiger partial charge in [0.15, 0.2) is 5.82 Å². The first-order valence-electron chi connectivity index (χ1n) is 4.81. The molecule has 0 aliphatic carbocycles. The van der Waals surface area contributed by atoms with Crippen molar-refractivity contribution in [3.05, 3.63) is 5.82 Å². The molecule has 3 N–H and O–H groups in total. The van der Waals surface area contributed by atoms with Gasteiger partial charge >= 0.3 is 0 Å². The molecule has 78 valence electrons. The van der Waals surface area contributed by atoms with Gasteiger partial charge in [0.25, 0.3) is 0 Å². The van der Waals surface area contributed by atoms with E-state index in [1.165, 1.54) is 17.9 Å². The second-order valence-electron chi connectivity index (χ2n) is 3.69. The van der Waals surface area contributed by atoms with Crippen molar-refractivity contribution in [3.63, 3.8) is 0 Å². The second kappa shape index (κ2) is 3.73. The smallest absolute Gasteiger partial charge is 0.171 e. The lowest BCUT2D eigenvalue weighted by Gasteiger charge is -2.23. The number of H-pyrrole nitrogens is 1. The Bertz CT molecular complexity index is 317. The number of nitrogens with zero attached hydrogens (tertiary/aromatic N) is 2. The normalized spacial score (nSPS) is 21.4. The number of anilines is 2. The molecule has 2 rings (SSSR count). The standard InChI is InChI=1S/C9H16N4S/c1-6-11-8(10)9(12-6)13(2)7-3-4-14-5-7/h7H,3-5,10H2,1-2H3,(H,11,12). The van der Waals surface area contributed by atoms with Crippen LogP contribution in [0.25, 0.3) is 0 Å². The van der Waals surface area contributed by atoms with E-state index in [-0.39, 0.29) is 0 Å². The Morgan fingerprint density at radius 3 is 2.93 bits per heavy atom. The molecule has 0 spiro atoms. The fourth-order valence-corrected chi connectivity index (χ4v) is 3.03. The maximum absolute atomic E-state index is 5.84. The Labute approximate surface area is 88.3 Å². The molecule has 0 saturated carbocycles. The Morgan fingerprint density at radius 1 is 1.64 bits per heavy atom. The molecule has 14 heavy (non-hydrogen) atoms. The van der Waals surface area contributed by atoms with Crippen molar-refractivity contribution in [1.82, 2.24) is 9.97 Å². The third-order valence-electron chi connectivity index (χ3n) is 2.62. The molecule has 1 fully saturated rings. The molecule has 1 saturated heterocycles. The number of nitrogens with one attached hydrogen (secondary N) is 1. The van der Waals surface area contributed by atoms with Gasteiger partial charge in [-0.25, -0.2) is 4.98 Å². The van der Waals surface area contributed by atoms with E-state index < -0.39 is 0 Å². The molecule has 4 nitrogen and oxygen atoms in total. The number of rotatable bonds is 2. The van der Waals surface area contributed by atoms with E-state index in [0.717, 1.165) is 11.6 Å². The first-order chi connectivity index (χ1) is 6.68. The number of hydrogen-bond donors (Lipinski definition) is 2. The molecular formula is C9H16N4S. The number of thioether (sulfide) groups is 1. The van der Waals surface area contributed by atoms with E-state index >= 15 is 0 Å². The van der Waals surface area contributed by atoms with Crippen LogP contribution < -0.4 is 10.6 Å². The molecule has 1 aliphatic rings. The Hall–Kier alpha value is -0.840. The molecule has 5 heteroatoms. The average molecular weight is 212 g/mol. The quantitative estimate of drug-likeness (QED) is 0.774. The molecule has 1 atom stereocenters. The molecule has 1 unspecified atom stereocenters. The number of imidazole rings is 1. The number of nitrogens with two attached hydrogens (primary N) is 1. The minimum atomic E-state index is 0.588. The van der Waals surface area contributed by atoms with Crippen molar-refractivity contribution in [1.29, 1.82) is 0 Å². The Kier molecular flexibility index (Phi) is 2.58. The number of aromatic nitrogens is 2. The lowest BCUT2D eigenvalue weighted by molar-refractivity contribution is 0.694. The number of aryl methyl sites for hydroxylation is 1. The Morgan fingerprint density at radius 2 is 2.43 bits per heavy atom. The maximum atomic E-state index is 5.84. The third kappa shape index (κ3) is 1.68. The average Bonchev–Trinajstić information content (AvgIpc) is 2.73. The van der Waals surface area contributed by atoms with Crippen LogP contribution in [0.1, 0.15) is 12.2 Å². The summed E-state index contributed by atoms with van der Waals surface area (Å²) in [5.74, 6) is 4.90. The summed E-state index contributed by atoms with van der Waals surface area (Å²) in [6.07, 6.45) is 1.23. The molecule has 1 aliphatic heterocycles. The van der Waals surface area contributed by atoms with Gasteiger partial charge in [-0.1, -0.05) is 0 Å². The molecule has 0 bridgehead atoms. The van der Waals surface area contributed by atoms with Crippen LogP contribution in [0.2, 0.25) is 0 Å². The highest BCUT2D eigenvalue weighted by Crippen LogP contribution is 2.27. The van der Waals surface area contributed by atoms with Gasteiger partial charge in [-0.05, 0) is 19.1 Å². The van der Waals surface area contributed by atoms with Crippen LogP contribution in [0, 0.1) is 6.92 Å². The van der Waals surface area contributed by atoms with Crippen LogP contribution in [0.4, 0.5) is 11.6 Å². The minimum Gasteiger partial charge on any atom is -0.382 e. The van der Waals surface area contributed by atoms with Gasteiger partial charge in [-0.15, -0.1) is 0 Å². The SMILES string of the molecule is Cc1nc(N(C)C2CCSC2)c(N)[nH]1.